The minimum Gasteiger partial charge on any atom is -0.459 e. The molecule has 0 aliphatic carbocycles. The third-order valence-electron chi connectivity index (χ3n) is 4.71. The summed E-state index contributed by atoms with van der Waals surface area (Å²) in [7, 11) is 0. The lowest BCUT2D eigenvalue weighted by Crippen LogP contribution is -2.30. The summed E-state index contributed by atoms with van der Waals surface area (Å²) in [6.07, 6.45) is 0. The van der Waals surface area contributed by atoms with E-state index in [9.17, 15) is 9.59 Å². The van der Waals surface area contributed by atoms with E-state index in [-0.39, 0.29) is 23.6 Å². The number of carbonyl (C=O) groups excluding carboxylic acids is 2. The summed E-state index contributed by atoms with van der Waals surface area (Å²) in [5.74, 6) is 0.760. The fourth-order valence-electron chi connectivity index (χ4n) is 3.30. The van der Waals surface area contributed by atoms with E-state index < -0.39 is 0 Å². The Hall–Kier alpha value is -3.51. The van der Waals surface area contributed by atoms with Gasteiger partial charge in [-0.1, -0.05) is 48.5 Å². The average molecular weight is 431 g/mol. The molecule has 0 aliphatic heterocycles. The van der Waals surface area contributed by atoms with Crippen LogP contribution < -0.4 is 10.6 Å². The summed E-state index contributed by atoms with van der Waals surface area (Å²) in [6.45, 7) is 1.47. The van der Waals surface area contributed by atoms with Gasteiger partial charge < -0.3 is 15.1 Å². The molecule has 31 heavy (non-hydrogen) atoms. The molecule has 0 radical (unpaired) electrons. The molecule has 4 rings (SSSR count). The van der Waals surface area contributed by atoms with Crippen molar-refractivity contribution in [3.63, 3.8) is 0 Å². The van der Waals surface area contributed by atoms with Crippen LogP contribution in [0.2, 0.25) is 0 Å². The number of anilines is 1. The van der Waals surface area contributed by atoms with Crippen LogP contribution in [0.5, 0.6) is 0 Å². The first-order chi connectivity index (χ1) is 15.1. The molecule has 0 saturated heterocycles. The molecule has 156 valence electrons. The van der Waals surface area contributed by atoms with E-state index >= 15 is 0 Å². The van der Waals surface area contributed by atoms with Gasteiger partial charge in [-0.25, -0.2) is 0 Å². The predicted octanol–water partition coefficient (Wildman–Crippen LogP) is 5.39. The van der Waals surface area contributed by atoms with Gasteiger partial charge in [0.05, 0.1) is 5.75 Å². The quantitative estimate of drug-likeness (QED) is 0.386. The van der Waals surface area contributed by atoms with Gasteiger partial charge in [-0.05, 0) is 42.0 Å². The van der Waals surface area contributed by atoms with E-state index in [1.54, 1.807) is 0 Å². The highest BCUT2D eigenvalue weighted by Crippen LogP contribution is 2.29. The molecule has 0 bridgehead atoms. The lowest BCUT2D eigenvalue weighted by atomic mass is 10.0. The van der Waals surface area contributed by atoms with E-state index in [1.807, 2.05) is 84.9 Å². The number of rotatable bonds is 7. The molecule has 3 aromatic carbocycles. The Labute approximate surface area is 184 Å². The molecule has 0 aliphatic rings. The van der Waals surface area contributed by atoms with Crippen molar-refractivity contribution in [1.82, 2.24) is 5.32 Å². The SMILES string of the molecule is CC(=O)Nc1ccc(SCC(=O)NC(c2ccccc2)c2cc3ccccc3o2)cc1. The molecular formula is C25H22N2O3S. The van der Waals surface area contributed by atoms with Crippen LogP contribution in [0.15, 0.2) is 94.2 Å². The van der Waals surface area contributed by atoms with Crippen LogP contribution in [0, 0.1) is 0 Å². The maximum absolute atomic E-state index is 12.8. The zero-order chi connectivity index (χ0) is 21.6. The van der Waals surface area contributed by atoms with Gasteiger partial charge in [0, 0.05) is 22.9 Å². The van der Waals surface area contributed by atoms with E-state index in [4.69, 9.17) is 4.42 Å². The molecule has 0 saturated carbocycles. The molecular weight excluding hydrogens is 408 g/mol. The number of hydrogen-bond acceptors (Lipinski definition) is 4. The minimum absolute atomic E-state index is 0.0924. The smallest absolute Gasteiger partial charge is 0.231 e. The van der Waals surface area contributed by atoms with Gasteiger partial charge in [-0.3, -0.25) is 9.59 Å². The van der Waals surface area contributed by atoms with Gasteiger partial charge >= 0.3 is 0 Å². The Balaban J connectivity index is 1.46. The number of carbonyl (C=O) groups is 2. The second-order valence-electron chi connectivity index (χ2n) is 7.09. The van der Waals surface area contributed by atoms with Gasteiger partial charge in [0.25, 0.3) is 0 Å². The molecule has 4 aromatic rings. The zero-order valence-electron chi connectivity index (χ0n) is 17.0. The molecule has 5 nitrogen and oxygen atoms in total. The number of nitrogens with one attached hydrogen (secondary N) is 2. The van der Waals surface area contributed by atoms with Crippen molar-refractivity contribution in [2.24, 2.45) is 0 Å². The maximum atomic E-state index is 12.8. The zero-order valence-corrected chi connectivity index (χ0v) is 17.8. The molecule has 1 aromatic heterocycles. The highest BCUT2D eigenvalue weighted by molar-refractivity contribution is 8.00. The molecule has 1 atom stereocenters. The van der Waals surface area contributed by atoms with Crippen LogP contribution in [-0.2, 0) is 9.59 Å². The van der Waals surface area contributed by atoms with Crippen molar-refractivity contribution in [3.8, 4) is 0 Å². The van der Waals surface area contributed by atoms with E-state index in [0.29, 0.717) is 5.76 Å². The van der Waals surface area contributed by atoms with Crippen LogP contribution in [0.25, 0.3) is 11.0 Å². The topological polar surface area (TPSA) is 71.3 Å². The van der Waals surface area contributed by atoms with Crippen LogP contribution in [0.1, 0.15) is 24.3 Å². The lowest BCUT2D eigenvalue weighted by Gasteiger charge is -2.17. The predicted molar refractivity (Wildman–Crippen MR) is 124 cm³/mol. The summed E-state index contributed by atoms with van der Waals surface area (Å²) in [5.41, 5.74) is 2.48. The Bertz CT molecular complexity index is 1150. The van der Waals surface area contributed by atoms with E-state index in [2.05, 4.69) is 10.6 Å². The van der Waals surface area contributed by atoms with Gasteiger partial charge in [-0.15, -0.1) is 11.8 Å². The molecule has 0 fully saturated rings. The molecule has 1 heterocycles. The Morgan fingerprint density at radius 3 is 2.35 bits per heavy atom. The standard InChI is InChI=1S/C25H22N2O3S/c1-17(28)26-20-11-13-21(14-12-20)31-16-24(29)27-25(18-7-3-2-4-8-18)23-15-19-9-5-6-10-22(19)30-23/h2-15,25H,16H2,1H3,(H,26,28)(H,27,29). The summed E-state index contributed by atoms with van der Waals surface area (Å²) in [5, 5.41) is 6.84. The Morgan fingerprint density at radius 2 is 1.65 bits per heavy atom. The number of thioether (sulfide) groups is 1. The monoisotopic (exact) mass is 430 g/mol. The Kier molecular flexibility index (Phi) is 6.38. The van der Waals surface area contributed by atoms with Crippen molar-refractivity contribution in [2.45, 2.75) is 17.9 Å². The average Bonchev–Trinajstić information content (AvgIpc) is 3.21. The fraction of sp³-hybridized carbons (Fsp3) is 0.120. The maximum Gasteiger partial charge on any atom is 0.231 e. The van der Waals surface area contributed by atoms with Crippen LogP contribution in [-0.4, -0.2) is 17.6 Å². The number of fused-ring (bicyclic) bond motifs is 1. The van der Waals surface area contributed by atoms with Gasteiger partial charge in [-0.2, -0.15) is 0 Å². The summed E-state index contributed by atoms with van der Waals surface area (Å²) >= 11 is 1.44. The lowest BCUT2D eigenvalue weighted by molar-refractivity contribution is -0.119. The third-order valence-corrected chi connectivity index (χ3v) is 5.72. The second-order valence-corrected chi connectivity index (χ2v) is 8.14. The van der Waals surface area contributed by atoms with E-state index in [1.165, 1.54) is 18.7 Å². The number of furan rings is 1. The van der Waals surface area contributed by atoms with Crippen LogP contribution >= 0.6 is 11.8 Å². The van der Waals surface area contributed by atoms with Crippen molar-refractivity contribution in [3.05, 3.63) is 96.3 Å². The summed E-state index contributed by atoms with van der Waals surface area (Å²) in [6, 6.07) is 26.6. The van der Waals surface area contributed by atoms with Gasteiger partial charge in [0.2, 0.25) is 11.8 Å². The highest BCUT2D eigenvalue weighted by Gasteiger charge is 2.21. The van der Waals surface area contributed by atoms with E-state index in [0.717, 1.165) is 27.1 Å². The number of benzene rings is 3. The first-order valence-corrected chi connectivity index (χ1v) is 10.9. The van der Waals surface area contributed by atoms with Crippen molar-refractivity contribution < 1.29 is 14.0 Å². The molecule has 2 N–H and O–H groups in total. The van der Waals surface area contributed by atoms with Crippen LogP contribution in [0.4, 0.5) is 5.69 Å². The molecule has 0 spiro atoms. The van der Waals surface area contributed by atoms with Crippen molar-refractivity contribution in [2.75, 3.05) is 11.1 Å². The third kappa shape index (κ3) is 5.35. The van der Waals surface area contributed by atoms with Gasteiger partial charge in [0.1, 0.15) is 17.4 Å². The number of hydrogen-bond donors (Lipinski definition) is 2. The summed E-state index contributed by atoms with van der Waals surface area (Å²) < 4.78 is 6.04. The summed E-state index contributed by atoms with van der Waals surface area (Å²) in [4.78, 5) is 24.8. The van der Waals surface area contributed by atoms with Crippen molar-refractivity contribution >= 4 is 40.2 Å². The number of para-hydroxylation sites is 1. The Morgan fingerprint density at radius 1 is 0.935 bits per heavy atom. The fourth-order valence-corrected chi connectivity index (χ4v) is 4.01. The minimum atomic E-state index is -0.371. The largest absolute Gasteiger partial charge is 0.459 e. The molecule has 2 amide bonds. The van der Waals surface area contributed by atoms with Crippen molar-refractivity contribution in [1.29, 1.82) is 0 Å². The van der Waals surface area contributed by atoms with Gasteiger partial charge in [0.15, 0.2) is 0 Å². The molecule has 1 unspecified atom stereocenters. The first-order valence-electron chi connectivity index (χ1n) is 9.92. The molecule has 6 heteroatoms. The van der Waals surface area contributed by atoms with Crippen LogP contribution in [0.3, 0.4) is 0 Å². The highest BCUT2D eigenvalue weighted by atomic mass is 32.2. The normalized spacial score (nSPS) is 11.8. The first kappa shape index (κ1) is 20.8. The number of amides is 2. The second kappa shape index (κ2) is 9.53.